The molecule has 2 aliphatic heterocycles. The average molecular weight is 471 g/mol. The van der Waals surface area contributed by atoms with Crippen molar-refractivity contribution >= 4 is 5.82 Å². The van der Waals surface area contributed by atoms with E-state index >= 15 is 0 Å². The smallest absolute Gasteiger partial charge is 0.473 e. The quantitative estimate of drug-likeness (QED) is 0.530. The molecule has 14 heteroatoms. The summed E-state index contributed by atoms with van der Waals surface area (Å²) in [5.41, 5.74) is -0.467. The molecular formula is C19H14F5N5O4. The van der Waals surface area contributed by atoms with E-state index in [2.05, 4.69) is 10.1 Å². The normalized spacial score (nSPS) is 17.2. The molecule has 2 aliphatic rings. The molecule has 0 saturated carbocycles. The number of hydrogen-bond acceptors (Lipinski definition) is 7. The van der Waals surface area contributed by atoms with Crippen LogP contribution in [0.3, 0.4) is 0 Å². The van der Waals surface area contributed by atoms with Crippen LogP contribution in [0.15, 0.2) is 35.4 Å². The van der Waals surface area contributed by atoms with E-state index < -0.39 is 35.1 Å². The van der Waals surface area contributed by atoms with Crippen LogP contribution in [0.1, 0.15) is 5.56 Å². The molecule has 0 amide bonds. The minimum Gasteiger partial charge on any atom is -0.473 e. The summed E-state index contributed by atoms with van der Waals surface area (Å²) in [6.45, 7) is 0.936. The third-order valence-electron chi connectivity index (χ3n) is 5.12. The van der Waals surface area contributed by atoms with Gasteiger partial charge in [0.05, 0.1) is 31.6 Å². The number of aromatic nitrogens is 4. The van der Waals surface area contributed by atoms with Crippen molar-refractivity contribution in [2.24, 2.45) is 0 Å². The molecule has 0 aliphatic carbocycles. The maximum Gasteiger partial charge on any atom is 0.504 e. The number of fused-ring (bicyclic) bond motifs is 3. The Balaban J connectivity index is 1.31. The largest absolute Gasteiger partial charge is 0.504 e. The standard InChI is InChI=1S/C19H14F5N5O4/c20-13-1-10(2-14(21)17(13)33-12-4-25-29(6-12)19(22,23)24)7-32-15-3-16-27(18(30)26-15)5-11-8-31-9-28(11)16/h1-4,6,11H,5,7-9H2. The lowest BCUT2D eigenvalue weighted by atomic mass is 10.2. The Hall–Kier alpha value is -3.68. The van der Waals surface area contributed by atoms with Gasteiger partial charge in [0.1, 0.15) is 19.2 Å². The minimum absolute atomic E-state index is 0.0282. The van der Waals surface area contributed by atoms with Gasteiger partial charge in [-0.05, 0) is 17.7 Å². The van der Waals surface area contributed by atoms with E-state index in [0.29, 0.717) is 38.1 Å². The van der Waals surface area contributed by atoms with Crippen LogP contribution in [0.2, 0.25) is 0 Å². The van der Waals surface area contributed by atoms with Crippen LogP contribution in [-0.4, -0.2) is 38.7 Å². The fourth-order valence-electron chi connectivity index (χ4n) is 3.62. The molecule has 0 spiro atoms. The number of benzene rings is 1. The molecule has 2 aromatic heterocycles. The van der Waals surface area contributed by atoms with E-state index in [1.54, 1.807) is 6.07 Å². The summed E-state index contributed by atoms with van der Waals surface area (Å²) in [6.07, 6.45) is -3.67. The van der Waals surface area contributed by atoms with Crippen molar-refractivity contribution in [2.45, 2.75) is 25.5 Å². The molecule has 174 valence electrons. The zero-order valence-corrected chi connectivity index (χ0v) is 16.6. The number of nitrogens with zero attached hydrogens (tertiary/aromatic N) is 5. The zero-order valence-electron chi connectivity index (χ0n) is 16.6. The fraction of sp³-hybridized carbons (Fsp3) is 0.316. The summed E-state index contributed by atoms with van der Waals surface area (Å²) in [5, 5.41) is 3.03. The van der Waals surface area contributed by atoms with Crippen molar-refractivity contribution in [3.8, 4) is 17.4 Å². The van der Waals surface area contributed by atoms with Crippen LogP contribution in [-0.2, 0) is 24.2 Å². The first-order valence-electron chi connectivity index (χ1n) is 9.56. The van der Waals surface area contributed by atoms with Crippen LogP contribution in [0.4, 0.5) is 27.8 Å². The third-order valence-corrected chi connectivity index (χ3v) is 5.12. The van der Waals surface area contributed by atoms with E-state index in [0.717, 1.165) is 12.1 Å². The Kier molecular flexibility index (Phi) is 4.96. The van der Waals surface area contributed by atoms with Crippen LogP contribution in [0.25, 0.3) is 0 Å². The topological polar surface area (TPSA) is 83.6 Å². The van der Waals surface area contributed by atoms with Gasteiger partial charge in [-0.1, -0.05) is 0 Å². The van der Waals surface area contributed by atoms with E-state index in [4.69, 9.17) is 14.2 Å². The predicted octanol–water partition coefficient (Wildman–Crippen LogP) is 2.74. The van der Waals surface area contributed by atoms with Gasteiger partial charge in [-0.2, -0.15) is 14.8 Å². The summed E-state index contributed by atoms with van der Waals surface area (Å²) in [6, 6.07) is 3.38. The van der Waals surface area contributed by atoms with E-state index in [-0.39, 0.29) is 28.8 Å². The molecular weight excluding hydrogens is 457 g/mol. The first-order chi connectivity index (χ1) is 15.7. The van der Waals surface area contributed by atoms with Gasteiger partial charge in [-0.3, -0.25) is 4.57 Å². The SMILES string of the molecule is O=c1nc(OCc2cc(F)c(Oc3cnn(C(F)(F)F)c3)c(F)c2)cc2n1CC1COCN21. The Labute approximate surface area is 181 Å². The van der Waals surface area contributed by atoms with E-state index in [1.165, 1.54) is 4.57 Å². The Bertz CT molecular complexity index is 1250. The van der Waals surface area contributed by atoms with Gasteiger partial charge >= 0.3 is 12.0 Å². The van der Waals surface area contributed by atoms with Crippen LogP contribution in [0, 0.1) is 11.6 Å². The highest BCUT2D eigenvalue weighted by Gasteiger charge is 2.35. The van der Waals surface area contributed by atoms with Crippen molar-refractivity contribution in [3.63, 3.8) is 0 Å². The lowest BCUT2D eigenvalue weighted by molar-refractivity contribution is -0.212. The highest BCUT2D eigenvalue weighted by atomic mass is 19.4. The monoisotopic (exact) mass is 471 g/mol. The average Bonchev–Trinajstić information content (AvgIpc) is 3.45. The van der Waals surface area contributed by atoms with Crippen LogP contribution in [0.5, 0.6) is 17.4 Å². The number of rotatable bonds is 5. The van der Waals surface area contributed by atoms with Gasteiger partial charge in [0.15, 0.2) is 23.1 Å². The lowest BCUT2D eigenvalue weighted by Gasteiger charge is -2.15. The van der Waals surface area contributed by atoms with Crippen LogP contribution < -0.4 is 20.1 Å². The maximum absolute atomic E-state index is 14.4. The van der Waals surface area contributed by atoms with E-state index in [9.17, 15) is 26.7 Å². The van der Waals surface area contributed by atoms with Crippen LogP contribution >= 0.6 is 0 Å². The molecule has 1 unspecified atom stereocenters. The second-order valence-corrected chi connectivity index (χ2v) is 7.34. The molecule has 33 heavy (non-hydrogen) atoms. The highest BCUT2D eigenvalue weighted by Crippen LogP contribution is 2.32. The van der Waals surface area contributed by atoms with Gasteiger partial charge in [0.2, 0.25) is 5.88 Å². The van der Waals surface area contributed by atoms with Gasteiger partial charge in [0.25, 0.3) is 0 Å². The molecule has 1 atom stereocenters. The Morgan fingerprint density at radius 2 is 1.94 bits per heavy atom. The number of halogens is 5. The van der Waals surface area contributed by atoms with E-state index in [1.807, 2.05) is 4.90 Å². The van der Waals surface area contributed by atoms with Crippen molar-refractivity contribution in [1.82, 2.24) is 19.3 Å². The molecule has 0 N–H and O–H groups in total. The first-order valence-corrected chi connectivity index (χ1v) is 9.56. The molecule has 1 fully saturated rings. The third kappa shape index (κ3) is 3.97. The molecule has 0 radical (unpaired) electrons. The summed E-state index contributed by atoms with van der Waals surface area (Å²) in [4.78, 5) is 18.0. The predicted molar refractivity (Wildman–Crippen MR) is 99.9 cm³/mol. The molecule has 9 nitrogen and oxygen atoms in total. The summed E-state index contributed by atoms with van der Waals surface area (Å²) in [7, 11) is 0. The number of ether oxygens (including phenoxy) is 3. The minimum atomic E-state index is -4.79. The van der Waals surface area contributed by atoms with Gasteiger partial charge < -0.3 is 19.1 Å². The Morgan fingerprint density at radius 3 is 2.64 bits per heavy atom. The summed E-state index contributed by atoms with van der Waals surface area (Å²) in [5.74, 6) is -3.16. The second kappa shape index (κ2) is 7.72. The summed E-state index contributed by atoms with van der Waals surface area (Å²) >= 11 is 0. The van der Waals surface area contributed by atoms with Gasteiger partial charge in [-0.15, -0.1) is 13.2 Å². The van der Waals surface area contributed by atoms with Gasteiger partial charge in [0, 0.05) is 6.07 Å². The van der Waals surface area contributed by atoms with Crippen molar-refractivity contribution in [2.75, 3.05) is 18.2 Å². The van der Waals surface area contributed by atoms with Crippen molar-refractivity contribution in [1.29, 1.82) is 0 Å². The first kappa shape index (κ1) is 21.2. The van der Waals surface area contributed by atoms with Crippen molar-refractivity contribution < 1.29 is 36.2 Å². The zero-order chi connectivity index (χ0) is 23.3. The summed E-state index contributed by atoms with van der Waals surface area (Å²) < 4.78 is 83.4. The molecule has 4 heterocycles. The molecule has 0 bridgehead atoms. The number of anilines is 1. The second-order valence-electron chi connectivity index (χ2n) is 7.34. The fourth-order valence-corrected chi connectivity index (χ4v) is 3.62. The lowest BCUT2D eigenvalue weighted by Crippen LogP contribution is -2.26. The molecule has 3 aromatic rings. The molecule has 5 rings (SSSR count). The number of alkyl halides is 3. The van der Waals surface area contributed by atoms with Gasteiger partial charge in [-0.25, -0.2) is 13.6 Å². The molecule has 1 saturated heterocycles. The Morgan fingerprint density at radius 1 is 1.18 bits per heavy atom. The van der Waals surface area contributed by atoms with Crippen molar-refractivity contribution in [3.05, 3.63) is 58.3 Å². The maximum atomic E-state index is 14.4. The highest BCUT2D eigenvalue weighted by molar-refractivity contribution is 5.47. The molecule has 1 aromatic carbocycles. The number of hydrogen-bond donors (Lipinski definition) is 0.